The first kappa shape index (κ1) is 11.6. The quantitative estimate of drug-likeness (QED) is 0.721. The molecule has 3 heteroatoms. The molecule has 1 aliphatic heterocycles. The van der Waals surface area contributed by atoms with Crippen molar-refractivity contribution >= 4 is 12.7 Å². The van der Waals surface area contributed by atoms with Crippen molar-refractivity contribution in [1.82, 2.24) is 0 Å². The summed E-state index contributed by atoms with van der Waals surface area (Å²) in [6.07, 6.45) is 0. The first-order chi connectivity index (χ1) is 8.63. The first-order valence-electron chi connectivity index (χ1n) is 6.11. The molecule has 0 saturated heterocycles. The normalized spacial score (nSPS) is 21.1. The van der Waals surface area contributed by atoms with Crippen LogP contribution in [0.25, 0.3) is 11.1 Å². The van der Waals surface area contributed by atoms with E-state index in [-0.39, 0.29) is 5.66 Å². The Balaban J connectivity index is 2.33. The molecule has 0 radical (unpaired) electrons. The van der Waals surface area contributed by atoms with Gasteiger partial charge in [0.2, 0.25) is 0 Å². The molecule has 3 rings (SSSR count). The van der Waals surface area contributed by atoms with Crippen LogP contribution in [-0.4, -0.2) is 5.66 Å². The van der Waals surface area contributed by atoms with Crippen molar-refractivity contribution in [3.63, 3.8) is 0 Å². The number of fused-ring (bicyclic) bond motifs is 3. The molecule has 1 heterocycles. The molecule has 0 aliphatic carbocycles. The van der Waals surface area contributed by atoms with Crippen molar-refractivity contribution in [2.75, 3.05) is 0 Å². The summed E-state index contributed by atoms with van der Waals surface area (Å²) >= 11 is 0. The Morgan fingerprint density at radius 1 is 0.944 bits per heavy atom. The Morgan fingerprint density at radius 3 is 2.28 bits per heavy atom. The average Bonchev–Trinajstić information content (AvgIpc) is 2.39. The van der Waals surface area contributed by atoms with Gasteiger partial charge in [0.05, 0.1) is 5.30 Å². The van der Waals surface area contributed by atoms with E-state index in [2.05, 4.69) is 0 Å². The van der Waals surface area contributed by atoms with Crippen LogP contribution in [0.4, 0.5) is 0 Å². The zero-order valence-electron chi connectivity index (χ0n) is 10.5. The second kappa shape index (κ2) is 4.00. The third kappa shape index (κ3) is 1.53. The van der Waals surface area contributed by atoms with E-state index in [9.17, 15) is 4.57 Å². The van der Waals surface area contributed by atoms with Crippen LogP contribution in [0.15, 0.2) is 48.5 Å². The topological polar surface area (TPSA) is 26.3 Å². The number of rotatable bonds is 1. The highest BCUT2D eigenvalue weighted by Gasteiger charge is 2.38. The van der Waals surface area contributed by atoms with E-state index in [1.54, 1.807) is 0 Å². The summed E-state index contributed by atoms with van der Waals surface area (Å²) in [5, 5.41) is 0.846. The molecule has 1 aliphatic rings. The van der Waals surface area contributed by atoms with E-state index in [4.69, 9.17) is 4.52 Å². The van der Waals surface area contributed by atoms with Gasteiger partial charge >= 0.3 is 0 Å². The van der Waals surface area contributed by atoms with Crippen molar-refractivity contribution < 1.29 is 9.09 Å². The summed E-state index contributed by atoms with van der Waals surface area (Å²) in [6.45, 7) is 3.90. The lowest BCUT2D eigenvalue weighted by atomic mass is 10.0. The smallest absolute Gasteiger partial charge is 0.280 e. The van der Waals surface area contributed by atoms with Gasteiger partial charge in [0.1, 0.15) is 5.75 Å². The minimum Gasteiger partial charge on any atom is -0.439 e. The fourth-order valence-corrected chi connectivity index (χ4v) is 4.46. The van der Waals surface area contributed by atoms with Crippen LogP contribution in [0, 0.1) is 0 Å². The van der Waals surface area contributed by atoms with E-state index in [0.717, 1.165) is 22.2 Å². The lowest BCUT2D eigenvalue weighted by Gasteiger charge is -2.30. The maximum Gasteiger partial charge on any atom is 0.280 e. The number of hydrogen-bond acceptors (Lipinski definition) is 2. The molecule has 18 heavy (non-hydrogen) atoms. The molecule has 0 bridgehead atoms. The second-order valence-electron chi connectivity index (χ2n) is 4.80. The summed E-state index contributed by atoms with van der Waals surface area (Å²) in [4.78, 5) is 0. The van der Waals surface area contributed by atoms with Crippen molar-refractivity contribution in [3.8, 4) is 16.9 Å². The lowest BCUT2D eigenvalue weighted by molar-refractivity contribution is 0.482. The monoisotopic (exact) mass is 258 g/mol. The number of hydrogen-bond donors (Lipinski definition) is 0. The lowest BCUT2D eigenvalue weighted by Crippen LogP contribution is -2.22. The summed E-state index contributed by atoms with van der Waals surface area (Å²) in [6, 6.07) is 15.6. The van der Waals surface area contributed by atoms with Gasteiger partial charge in [0, 0.05) is 11.2 Å². The highest BCUT2D eigenvalue weighted by molar-refractivity contribution is 7.68. The Bertz CT molecular complexity index is 646. The fourth-order valence-electron chi connectivity index (χ4n) is 2.32. The van der Waals surface area contributed by atoms with Crippen LogP contribution in [0.5, 0.6) is 5.75 Å². The Labute approximate surface area is 107 Å². The minimum atomic E-state index is -2.81. The molecule has 1 atom stereocenters. The second-order valence-corrected chi connectivity index (χ2v) is 7.69. The first-order valence-corrected chi connectivity index (χ1v) is 7.80. The zero-order valence-corrected chi connectivity index (χ0v) is 11.4. The SMILES string of the molecule is CC(C)P1(=O)Oc2ccccc2-c2ccccc21. The van der Waals surface area contributed by atoms with Gasteiger partial charge in [-0.3, -0.25) is 4.57 Å². The molecule has 0 saturated carbocycles. The van der Waals surface area contributed by atoms with Crippen molar-refractivity contribution in [1.29, 1.82) is 0 Å². The highest BCUT2D eigenvalue weighted by atomic mass is 31.2. The predicted molar refractivity (Wildman–Crippen MR) is 74.9 cm³/mol. The molecule has 0 aromatic heterocycles. The van der Waals surface area contributed by atoms with Crippen LogP contribution < -0.4 is 9.83 Å². The molecular formula is C15H15O2P. The predicted octanol–water partition coefficient (Wildman–Crippen LogP) is 4.06. The summed E-state index contributed by atoms with van der Waals surface area (Å²) in [7, 11) is -2.81. The van der Waals surface area contributed by atoms with Crippen LogP contribution in [0.3, 0.4) is 0 Å². The molecule has 2 aromatic carbocycles. The van der Waals surface area contributed by atoms with Gasteiger partial charge in [0.25, 0.3) is 7.37 Å². The van der Waals surface area contributed by atoms with Gasteiger partial charge < -0.3 is 4.52 Å². The molecular weight excluding hydrogens is 243 g/mol. The van der Waals surface area contributed by atoms with Gasteiger partial charge in [-0.1, -0.05) is 50.2 Å². The molecule has 0 N–H and O–H groups in total. The third-order valence-corrected chi connectivity index (χ3v) is 6.22. The van der Waals surface area contributed by atoms with E-state index in [1.165, 1.54) is 0 Å². The maximum absolute atomic E-state index is 13.1. The molecule has 2 aromatic rings. The Hall–Kier alpha value is -1.53. The van der Waals surface area contributed by atoms with Crippen LogP contribution >= 0.6 is 7.37 Å². The maximum atomic E-state index is 13.1. The van der Waals surface area contributed by atoms with Gasteiger partial charge in [-0.2, -0.15) is 0 Å². The zero-order chi connectivity index (χ0) is 12.8. The Morgan fingerprint density at radius 2 is 1.56 bits per heavy atom. The van der Waals surface area contributed by atoms with Crippen molar-refractivity contribution in [2.45, 2.75) is 19.5 Å². The standard InChI is InChI=1S/C15H15O2P/c1-11(2)18(16)15-10-6-4-8-13(15)12-7-3-5-9-14(12)17-18/h3-11H,1-2H3. The third-order valence-electron chi connectivity index (χ3n) is 3.33. The van der Waals surface area contributed by atoms with E-state index < -0.39 is 7.37 Å². The van der Waals surface area contributed by atoms with Crippen molar-refractivity contribution in [2.24, 2.45) is 0 Å². The van der Waals surface area contributed by atoms with E-state index in [0.29, 0.717) is 0 Å². The Kier molecular flexibility index (Phi) is 2.57. The molecule has 0 fully saturated rings. The summed E-state index contributed by atoms with van der Waals surface area (Å²) in [5.74, 6) is 0.730. The average molecular weight is 258 g/mol. The minimum absolute atomic E-state index is 0.0213. The summed E-state index contributed by atoms with van der Waals surface area (Å²) in [5.41, 5.74) is 2.05. The highest BCUT2D eigenvalue weighted by Crippen LogP contribution is 2.57. The fraction of sp³-hybridized carbons (Fsp3) is 0.200. The van der Waals surface area contributed by atoms with Gasteiger partial charge in [-0.15, -0.1) is 0 Å². The molecule has 0 amide bonds. The van der Waals surface area contributed by atoms with Crippen molar-refractivity contribution in [3.05, 3.63) is 48.5 Å². The van der Waals surface area contributed by atoms with Crippen LogP contribution in [0.2, 0.25) is 0 Å². The van der Waals surface area contributed by atoms with Gasteiger partial charge in [0.15, 0.2) is 0 Å². The van der Waals surface area contributed by atoms with Gasteiger partial charge in [-0.25, -0.2) is 0 Å². The molecule has 2 nitrogen and oxygen atoms in total. The largest absolute Gasteiger partial charge is 0.439 e. The van der Waals surface area contributed by atoms with E-state index >= 15 is 0 Å². The van der Waals surface area contributed by atoms with Gasteiger partial charge in [-0.05, 0) is 17.7 Å². The van der Waals surface area contributed by atoms with E-state index in [1.807, 2.05) is 62.4 Å². The summed E-state index contributed by atoms with van der Waals surface area (Å²) < 4.78 is 19.0. The molecule has 1 unspecified atom stereocenters. The number of para-hydroxylation sites is 1. The van der Waals surface area contributed by atoms with Crippen LogP contribution in [0.1, 0.15) is 13.8 Å². The molecule has 92 valence electrons. The molecule has 0 spiro atoms. The number of benzene rings is 2. The van der Waals surface area contributed by atoms with Crippen LogP contribution in [-0.2, 0) is 4.57 Å².